The number of unbranched alkanes of at least 4 members (excludes halogenated alkanes) is 2. The molecule has 0 aliphatic carbocycles. The van der Waals surface area contributed by atoms with Crippen molar-refractivity contribution < 1.29 is 17.9 Å². The van der Waals surface area contributed by atoms with E-state index in [1.54, 1.807) is 31.3 Å². The predicted octanol–water partition coefficient (Wildman–Crippen LogP) is 7.20. The standard InChI is InChI=1S/C35H47N3O4S.ClH/c1-3-4-14-24-38(35(39)42-29-30-15-8-5-9-16-30)33-22-26-37(27-23-33)25-21-32(31-17-10-6-11-18-31)28-36(2)43(40,41)34-19-12-7-13-20-34;/h5-13,15-20,32-33H,3-4,14,21-29H2,1-2H3;1H. The van der Waals surface area contributed by atoms with Crippen LogP contribution in [0.25, 0.3) is 0 Å². The van der Waals surface area contributed by atoms with Gasteiger partial charge in [-0.2, -0.15) is 0 Å². The fourth-order valence-electron chi connectivity index (χ4n) is 5.82. The number of amides is 1. The van der Waals surface area contributed by atoms with Crippen molar-refractivity contribution in [1.82, 2.24) is 14.1 Å². The lowest BCUT2D eigenvalue weighted by molar-refractivity contribution is 0.0593. The van der Waals surface area contributed by atoms with E-state index in [1.807, 2.05) is 59.5 Å². The van der Waals surface area contributed by atoms with Crippen LogP contribution in [0.2, 0.25) is 0 Å². The quantitative estimate of drug-likeness (QED) is 0.164. The summed E-state index contributed by atoms with van der Waals surface area (Å²) < 4.78 is 33.7. The van der Waals surface area contributed by atoms with Crippen LogP contribution in [0, 0.1) is 0 Å². The number of halogens is 1. The second kappa shape index (κ2) is 18.2. The molecule has 0 N–H and O–H groups in total. The van der Waals surface area contributed by atoms with Gasteiger partial charge in [0, 0.05) is 39.3 Å². The fraction of sp³-hybridized carbons (Fsp3) is 0.457. The number of carbonyl (C=O) groups is 1. The number of carbonyl (C=O) groups excluding carboxylic acids is 1. The maximum atomic E-state index is 13.3. The maximum Gasteiger partial charge on any atom is 0.410 e. The van der Waals surface area contributed by atoms with Gasteiger partial charge in [0.25, 0.3) is 0 Å². The molecule has 1 saturated heterocycles. The number of piperidine rings is 1. The van der Waals surface area contributed by atoms with E-state index in [4.69, 9.17) is 4.74 Å². The summed E-state index contributed by atoms with van der Waals surface area (Å²) in [6.45, 7) is 6.29. The van der Waals surface area contributed by atoms with Crippen molar-refractivity contribution in [3.05, 3.63) is 102 Å². The highest BCUT2D eigenvalue weighted by Crippen LogP contribution is 2.26. The van der Waals surface area contributed by atoms with E-state index >= 15 is 0 Å². The molecule has 3 aromatic carbocycles. The Morgan fingerprint density at radius 2 is 1.50 bits per heavy atom. The first-order chi connectivity index (χ1) is 20.9. The second-order valence-corrected chi connectivity index (χ2v) is 13.6. The Labute approximate surface area is 270 Å². The predicted molar refractivity (Wildman–Crippen MR) is 180 cm³/mol. The van der Waals surface area contributed by atoms with Crippen LogP contribution in [0.15, 0.2) is 95.9 Å². The summed E-state index contributed by atoms with van der Waals surface area (Å²) in [4.78, 5) is 17.9. The van der Waals surface area contributed by atoms with Crippen LogP contribution < -0.4 is 0 Å². The number of benzene rings is 3. The van der Waals surface area contributed by atoms with Gasteiger partial charge in [0.1, 0.15) is 6.61 Å². The molecule has 7 nitrogen and oxygen atoms in total. The van der Waals surface area contributed by atoms with E-state index in [0.29, 0.717) is 11.4 Å². The molecular formula is C35H48ClN3O4S. The molecule has 3 aromatic rings. The third-order valence-electron chi connectivity index (χ3n) is 8.43. The fourth-order valence-corrected chi connectivity index (χ4v) is 7.06. The minimum absolute atomic E-state index is 0. The average Bonchev–Trinajstić information content (AvgIpc) is 3.05. The minimum Gasteiger partial charge on any atom is -0.445 e. The topological polar surface area (TPSA) is 70.2 Å². The molecular weight excluding hydrogens is 594 g/mol. The van der Waals surface area contributed by atoms with Crippen molar-refractivity contribution in [1.29, 1.82) is 0 Å². The molecule has 9 heteroatoms. The third kappa shape index (κ3) is 10.3. The lowest BCUT2D eigenvalue weighted by Gasteiger charge is -2.38. The summed E-state index contributed by atoms with van der Waals surface area (Å²) in [7, 11) is -1.90. The van der Waals surface area contributed by atoms with Crippen LogP contribution in [0.3, 0.4) is 0 Å². The van der Waals surface area contributed by atoms with Crippen molar-refractivity contribution in [3.63, 3.8) is 0 Å². The van der Waals surface area contributed by atoms with E-state index in [9.17, 15) is 13.2 Å². The van der Waals surface area contributed by atoms with Crippen LogP contribution in [0.5, 0.6) is 0 Å². The van der Waals surface area contributed by atoms with Gasteiger partial charge in [-0.3, -0.25) is 0 Å². The molecule has 1 fully saturated rings. The number of likely N-dealkylation sites (tertiary alicyclic amines) is 1. The van der Waals surface area contributed by atoms with Gasteiger partial charge in [-0.25, -0.2) is 17.5 Å². The van der Waals surface area contributed by atoms with Gasteiger partial charge >= 0.3 is 6.09 Å². The zero-order valence-corrected chi connectivity index (χ0v) is 27.7. The Bertz CT molecular complexity index is 1340. The molecule has 44 heavy (non-hydrogen) atoms. The number of ether oxygens (including phenoxy) is 1. The maximum absolute atomic E-state index is 13.3. The van der Waals surface area contributed by atoms with Gasteiger partial charge in [-0.1, -0.05) is 98.6 Å². The number of sulfonamides is 1. The van der Waals surface area contributed by atoms with E-state index in [1.165, 1.54) is 4.31 Å². The summed E-state index contributed by atoms with van der Waals surface area (Å²) in [5, 5.41) is 0. The molecule has 0 spiro atoms. The second-order valence-electron chi connectivity index (χ2n) is 11.5. The lowest BCUT2D eigenvalue weighted by Crippen LogP contribution is -2.48. The largest absolute Gasteiger partial charge is 0.445 e. The zero-order valence-electron chi connectivity index (χ0n) is 26.1. The number of hydrogen-bond donors (Lipinski definition) is 0. The summed E-state index contributed by atoms with van der Waals surface area (Å²) in [5.41, 5.74) is 2.14. The van der Waals surface area contributed by atoms with Crippen LogP contribution in [0.1, 0.15) is 62.5 Å². The molecule has 1 heterocycles. The van der Waals surface area contributed by atoms with Crippen LogP contribution in [0.4, 0.5) is 4.79 Å². The monoisotopic (exact) mass is 641 g/mol. The minimum atomic E-state index is -3.57. The summed E-state index contributed by atoms with van der Waals surface area (Å²) in [6.07, 6.45) is 5.63. The molecule has 0 saturated carbocycles. The molecule has 4 rings (SSSR count). The molecule has 0 radical (unpaired) electrons. The van der Waals surface area contributed by atoms with Crippen molar-refractivity contribution in [3.8, 4) is 0 Å². The van der Waals surface area contributed by atoms with Gasteiger partial charge in [0.2, 0.25) is 10.0 Å². The smallest absolute Gasteiger partial charge is 0.410 e. The van der Waals surface area contributed by atoms with Crippen molar-refractivity contribution in [2.24, 2.45) is 0 Å². The Morgan fingerprint density at radius 1 is 0.909 bits per heavy atom. The highest BCUT2D eigenvalue weighted by molar-refractivity contribution is 7.89. The average molecular weight is 642 g/mol. The zero-order chi connectivity index (χ0) is 30.5. The van der Waals surface area contributed by atoms with Gasteiger partial charge in [0.15, 0.2) is 0 Å². The molecule has 0 bridgehead atoms. The van der Waals surface area contributed by atoms with Gasteiger partial charge in [0.05, 0.1) is 4.90 Å². The van der Waals surface area contributed by atoms with Crippen molar-refractivity contribution in [2.75, 3.05) is 39.8 Å². The Kier molecular flexibility index (Phi) is 14.7. The first kappa shape index (κ1) is 35.6. The van der Waals surface area contributed by atoms with Crippen LogP contribution in [-0.2, 0) is 21.4 Å². The number of rotatable bonds is 15. The van der Waals surface area contributed by atoms with Crippen molar-refractivity contribution in [2.45, 2.75) is 68.9 Å². The first-order valence-electron chi connectivity index (χ1n) is 15.6. The van der Waals surface area contributed by atoms with Gasteiger partial charge in [-0.15, -0.1) is 12.4 Å². The highest BCUT2D eigenvalue weighted by Gasteiger charge is 2.30. The summed E-state index contributed by atoms with van der Waals surface area (Å²) in [6, 6.07) is 28.9. The Balaban J connectivity index is 0.00000529. The lowest BCUT2D eigenvalue weighted by atomic mass is 9.94. The Hall–Kier alpha value is -2.91. The van der Waals surface area contributed by atoms with E-state index in [-0.39, 0.29) is 37.1 Å². The van der Waals surface area contributed by atoms with Gasteiger partial charge in [-0.05, 0) is 61.4 Å². The molecule has 1 aliphatic rings. The third-order valence-corrected chi connectivity index (χ3v) is 10.3. The first-order valence-corrected chi connectivity index (χ1v) is 17.1. The van der Waals surface area contributed by atoms with Crippen LogP contribution in [-0.4, -0.2) is 74.4 Å². The summed E-state index contributed by atoms with van der Waals surface area (Å²) in [5.74, 6) is 0.0703. The van der Waals surface area contributed by atoms with Gasteiger partial charge < -0.3 is 14.5 Å². The number of nitrogens with zero attached hydrogens (tertiary/aromatic N) is 3. The van der Waals surface area contributed by atoms with E-state index in [0.717, 1.165) is 75.8 Å². The van der Waals surface area contributed by atoms with E-state index in [2.05, 4.69) is 24.0 Å². The molecule has 240 valence electrons. The van der Waals surface area contributed by atoms with Crippen molar-refractivity contribution >= 4 is 28.5 Å². The normalized spacial score (nSPS) is 15.0. The SMILES string of the molecule is CCCCCN(C(=O)OCc1ccccc1)C1CCN(CCC(CN(C)S(=O)(=O)c2ccccc2)c2ccccc2)CC1.Cl. The highest BCUT2D eigenvalue weighted by atomic mass is 35.5. The molecule has 0 aromatic heterocycles. The Morgan fingerprint density at radius 3 is 2.11 bits per heavy atom. The molecule has 1 atom stereocenters. The number of hydrogen-bond acceptors (Lipinski definition) is 5. The van der Waals surface area contributed by atoms with Crippen LogP contribution >= 0.6 is 12.4 Å². The molecule has 1 unspecified atom stereocenters. The van der Waals surface area contributed by atoms with E-state index < -0.39 is 10.0 Å². The summed E-state index contributed by atoms with van der Waals surface area (Å²) >= 11 is 0. The molecule has 1 amide bonds. The number of likely N-dealkylation sites (N-methyl/N-ethyl adjacent to an activating group) is 1. The molecule has 1 aliphatic heterocycles.